The molecule has 0 radical (unpaired) electrons. The molecule has 0 aromatic heterocycles. The van der Waals surface area contributed by atoms with Gasteiger partial charge in [-0.15, -0.1) is 0 Å². The highest BCUT2D eigenvalue weighted by molar-refractivity contribution is 6.00. The number of fused-ring (bicyclic) bond motifs is 4. The Morgan fingerprint density at radius 2 is 1.10 bits per heavy atom. The Morgan fingerprint density at radius 1 is 0.490 bits per heavy atom. The van der Waals surface area contributed by atoms with Gasteiger partial charge in [0.15, 0.2) is 0 Å². The van der Waals surface area contributed by atoms with E-state index in [1.807, 2.05) is 0 Å². The smallest absolute Gasteiger partial charge is 0.0543 e. The number of hydrogen-bond acceptors (Lipinski definition) is 1. The molecule has 49 heavy (non-hydrogen) atoms. The van der Waals surface area contributed by atoms with Crippen molar-refractivity contribution in [1.82, 2.24) is 0 Å². The van der Waals surface area contributed by atoms with Gasteiger partial charge in [0.1, 0.15) is 0 Å². The molecule has 0 unspecified atom stereocenters. The average molecular weight is 640 g/mol. The third-order valence-electron chi connectivity index (χ3n) is 14.1. The van der Waals surface area contributed by atoms with Gasteiger partial charge in [-0.1, -0.05) is 119 Å². The summed E-state index contributed by atoms with van der Waals surface area (Å²) in [5.74, 6) is 3.24. The van der Waals surface area contributed by atoms with Crippen molar-refractivity contribution in [2.75, 3.05) is 4.90 Å². The first-order chi connectivity index (χ1) is 23.8. The second kappa shape index (κ2) is 10.5. The van der Waals surface area contributed by atoms with E-state index in [0.717, 1.165) is 11.8 Å². The summed E-state index contributed by atoms with van der Waals surface area (Å²) in [6.45, 7) is 9.87. The van der Waals surface area contributed by atoms with E-state index in [9.17, 15) is 0 Å². The van der Waals surface area contributed by atoms with Crippen molar-refractivity contribution < 1.29 is 0 Å². The number of benzene rings is 5. The highest BCUT2D eigenvalue weighted by Crippen LogP contribution is 2.71. The first kappa shape index (κ1) is 29.8. The highest BCUT2D eigenvalue weighted by Gasteiger charge is 2.62. The van der Waals surface area contributed by atoms with Crippen molar-refractivity contribution in [3.63, 3.8) is 0 Å². The molecule has 5 aromatic rings. The standard InChI is InChI=1S/C48H49N/c1-46(2)24-25-47(3,4)45-40(46)20-13-21-42(45)49(36-16-9-6-10-17-36)41-23-22-37(33-14-7-5-8-15-33)44-43(41)38-18-11-12-19-39(38)48(44)34-27-31-26-32(29-34)30-35(48)28-31/h5-23,31-32,34-35H,24-30H2,1-4H3. The number of nitrogens with zero attached hydrogens (tertiary/aromatic N) is 1. The van der Waals surface area contributed by atoms with Crippen LogP contribution in [0.1, 0.15) is 94.9 Å². The monoisotopic (exact) mass is 639 g/mol. The number of para-hydroxylation sites is 1. The Morgan fingerprint density at radius 3 is 1.82 bits per heavy atom. The minimum absolute atomic E-state index is 0.0697. The Balaban J connectivity index is 1.32. The van der Waals surface area contributed by atoms with E-state index in [1.54, 1.807) is 11.1 Å². The lowest BCUT2D eigenvalue weighted by Crippen LogP contribution is -2.55. The molecule has 0 heterocycles. The van der Waals surface area contributed by atoms with Crippen LogP contribution in [0.2, 0.25) is 0 Å². The van der Waals surface area contributed by atoms with Crippen molar-refractivity contribution in [1.29, 1.82) is 0 Å². The zero-order valence-corrected chi connectivity index (χ0v) is 29.7. The molecular formula is C48H49N. The summed E-state index contributed by atoms with van der Waals surface area (Å²) < 4.78 is 0. The number of rotatable bonds is 4. The van der Waals surface area contributed by atoms with Crippen LogP contribution in [0.3, 0.4) is 0 Å². The van der Waals surface area contributed by atoms with E-state index in [2.05, 4.69) is 148 Å². The van der Waals surface area contributed by atoms with Crippen LogP contribution in [0.4, 0.5) is 17.1 Å². The van der Waals surface area contributed by atoms with E-state index in [-0.39, 0.29) is 16.2 Å². The van der Waals surface area contributed by atoms with Gasteiger partial charge < -0.3 is 4.90 Å². The second-order valence-corrected chi connectivity index (χ2v) is 17.6. The highest BCUT2D eigenvalue weighted by atomic mass is 15.1. The van der Waals surface area contributed by atoms with Gasteiger partial charge in [-0.2, -0.15) is 0 Å². The third-order valence-corrected chi connectivity index (χ3v) is 14.1. The van der Waals surface area contributed by atoms with Gasteiger partial charge in [0.25, 0.3) is 0 Å². The molecule has 0 atom stereocenters. The van der Waals surface area contributed by atoms with Crippen LogP contribution in [-0.4, -0.2) is 0 Å². The maximum absolute atomic E-state index is 2.67. The zero-order valence-electron chi connectivity index (χ0n) is 29.7. The third kappa shape index (κ3) is 4.11. The largest absolute Gasteiger partial charge is 0.310 e. The van der Waals surface area contributed by atoms with E-state index < -0.39 is 0 Å². The van der Waals surface area contributed by atoms with Crippen LogP contribution >= 0.6 is 0 Å². The van der Waals surface area contributed by atoms with Gasteiger partial charge in [-0.05, 0) is 143 Å². The Hall–Kier alpha value is -4.10. The molecular weight excluding hydrogens is 591 g/mol. The Kier molecular flexibility index (Phi) is 6.36. The molecule has 4 saturated carbocycles. The molecule has 0 amide bonds. The van der Waals surface area contributed by atoms with Gasteiger partial charge in [-0.3, -0.25) is 0 Å². The van der Waals surface area contributed by atoms with Crippen LogP contribution in [0.15, 0.2) is 115 Å². The normalized spacial score (nSPS) is 27.8. The molecule has 4 fully saturated rings. The van der Waals surface area contributed by atoms with Crippen LogP contribution in [0.5, 0.6) is 0 Å². The van der Waals surface area contributed by atoms with E-state index in [1.165, 1.54) is 95.4 Å². The summed E-state index contributed by atoms with van der Waals surface area (Å²) in [6, 6.07) is 44.5. The fourth-order valence-electron chi connectivity index (χ4n) is 12.2. The molecule has 6 aliphatic carbocycles. The second-order valence-electron chi connectivity index (χ2n) is 17.6. The molecule has 6 aliphatic rings. The molecule has 5 aromatic carbocycles. The minimum atomic E-state index is 0.0697. The SMILES string of the molecule is CC1(C)CCC(C)(C)c2c(N(c3ccccc3)c3ccc(-c4ccccc4)c4c3-c3ccccc3C43C4CC5CC(C4)CC3C5)cccc21. The lowest BCUT2D eigenvalue weighted by atomic mass is 9.42. The summed E-state index contributed by atoms with van der Waals surface area (Å²) in [6.07, 6.45) is 9.41. The summed E-state index contributed by atoms with van der Waals surface area (Å²) in [4.78, 5) is 2.67. The Labute approximate surface area is 293 Å². The van der Waals surface area contributed by atoms with Gasteiger partial charge >= 0.3 is 0 Å². The topological polar surface area (TPSA) is 3.24 Å². The molecule has 1 spiro atoms. The van der Waals surface area contributed by atoms with Gasteiger partial charge in [0.05, 0.1) is 11.4 Å². The van der Waals surface area contributed by atoms with Crippen molar-refractivity contribution in [2.24, 2.45) is 23.7 Å². The quantitative estimate of drug-likeness (QED) is 0.189. The minimum Gasteiger partial charge on any atom is -0.310 e. The number of hydrogen-bond donors (Lipinski definition) is 0. The van der Waals surface area contributed by atoms with Crippen molar-refractivity contribution >= 4 is 17.1 Å². The van der Waals surface area contributed by atoms with Gasteiger partial charge in [0, 0.05) is 16.7 Å². The summed E-state index contributed by atoms with van der Waals surface area (Å²) >= 11 is 0. The summed E-state index contributed by atoms with van der Waals surface area (Å²) in [5.41, 5.74) is 16.3. The zero-order chi connectivity index (χ0) is 33.1. The van der Waals surface area contributed by atoms with Crippen LogP contribution in [-0.2, 0) is 16.2 Å². The molecule has 0 saturated heterocycles. The molecule has 1 heteroatoms. The predicted molar refractivity (Wildman–Crippen MR) is 205 cm³/mol. The van der Waals surface area contributed by atoms with Crippen LogP contribution in [0, 0.1) is 23.7 Å². The molecule has 11 rings (SSSR count). The van der Waals surface area contributed by atoms with Crippen molar-refractivity contribution in [3.05, 3.63) is 138 Å². The first-order valence-electron chi connectivity index (χ1n) is 19.1. The summed E-state index contributed by atoms with van der Waals surface area (Å²) in [5, 5.41) is 0. The maximum Gasteiger partial charge on any atom is 0.0543 e. The molecule has 0 aliphatic heterocycles. The maximum atomic E-state index is 2.67. The van der Waals surface area contributed by atoms with Crippen molar-refractivity contribution in [3.8, 4) is 22.3 Å². The Bertz CT molecular complexity index is 2060. The van der Waals surface area contributed by atoms with Crippen molar-refractivity contribution in [2.45, 2.75) is 88.9 Å². The van der Waals surface area contributed by atoms with Crippen LogP contribution < -0.4 is 4.90 Å². The number of anilines is 3. The lowest BCUT2D eigenvalue weighted by molar-refractivity contribution is -0.0397. The predicted octanol–water partition coefficient (Wildman–Crippen LogP) is 12.9. The molecule has 0 N–H and O–H groups in total. The lowest BCUT2D eigenvalue weighted by Gasteiger charge is -2.61. The van der Waals surface area contributed by atoms with Gasteiger partial charge in [-0.25, -0.2) is 0 Å². The summed E-state index contributed by atoms with van der Waals surface area (Å²) in [7, 11) is 0. The van der Waals surface area contributed by atoms with E-state index in [0.29, 0.717) is 11.8 Å². The molecule has 1 nitrogen and oxygen atoms in total. The van der Waals surface area contributed by atoms with E-state index >= 15 is 0 Å². The average Bonchev–Trinajstić information content (AvgIpc) is 3.42. The first-order valence-corrected chi connectivity index (χ1v) is 19.1. The van der Waals surface area contributed by atoms with Crippen LogP contribution in [0.25, 0.3) is 22.3 Å². The van der Waals surface area contributed by atoms with Gasteiger partial charge in [0.2, 0.25) is 0 Å². The fraction of sp³-hybridized carbons (Fsp3) is 0.375. The molecule has 246 valence electrons. The van der Waals surface area contributed by atoms with E-state index in [4.69, 9.17) is 0 Å². The molecule has 4 bridgehead atoms. The fourth-order valence-corrected chi connectivity index (χ4v) is 12.2.